The lowest BCUT2D eigenvalue weighted by Gasteiger charge is -2.02. The first-order valence-corrected chi connectivity index (χ1v) is 10.0. The molecule has 1 heterocycles. The molecule has 1 N–H and O–H groups in total. The first-order chi connectivity index (χ1) is 12.2. The molecule has 1 amide bonds. The van der Waals surface area contributed by atoms with Crippen LogP contribution in [0.4, 0.5) is 6.01 Å². The van der Waals surface area contributed by atoms with Crippen molar-refractivity contribution in [2.24, 2.45) is 0 Å². The predicted molar refractivity (Wildman–Crippen MR) is 102 cm³/mol. The third-order valence-electron chi connectivity index (χ3n) is 3.53. The molecule has 0 saturated carbocycles. The molecule has 0 bridgehead atoms. The minimum absolute atomic E-state index is 0.107. The van der Waals surface area contributed by atoms with Gasteiger partial charge >= 0.3 is 6.01 Å². The number of rotatable bonds is 6. The Hall–Kier alpha value is -2.25. The van der Waals surface area contributed by atoms with Gasteiger partial charge in [-0.2, -0.15) is 0 Å². The summed E-state index contributed by atoms with van der Waals surface area (Å²) in [6.45, 7) is 0. The molecule has 0 fully saturated rings. The van der Waals surface area contributed by atoms with E-state index >= 15 is 0 Å². The summed E-state index contributed by atoms with van der Waals surface area (Å²) in [6, 6.07) is 15.6. The average Bonchev–Trinajstić information content (AvgIpc) is 3.09. The van der Waals surface area contributed by atoms with E-state index in [1.165, 1.54) is 4.90 Å². The molecule has 0 radical (unpaired) electrons. The topological polar surface area (TPSA) is 68.0 Å². The zero-order chi connectivity index (χ0) is 17.6. The van der Waals surface area contributed by atoms with Crippen LogP contribution in [0.5, 0.6) is 0 Å². The molecular formula is C18H17N3O2S2. The highest BCUT2D eigenvalue weighted by molar-refractivity contribution is 7.98. The van der Waals surface area contributed by atoms with Crippen LogP contribution in [0.3, 0.4) is 0 Å². The van der Waals surface area contributed by atoms with Crippen molar-refractivity contribution in [3.8, 4) is 0 Å². The zero-order valence-corrected chi connectivity index (χ0v) is 15.5. The molecule has 0 unspecified atom stereocenters. The van der Waals surface area contributed by atoms with Crippen LogP contribution in [0.25, 0.3) is 0 Å². The summed E-state index contributed by atoms with van der Waals surface area (Å²) in [5.41, 5.74) is 1.63. The normalized spacial score (nSPS) is 10.6. The van der Waals surface area contributed by atoms with E-state index in [4.69, 9.17) is 4.42 Å². The Labute approximate surface area is 154 Å². The molecule has 0 atom stereocenters. The first-order valence-electron chi connectivity index (χ1n) is 7.58. The molecule has 3 rings (SSSR count). The second kappa shape index (κ2) is 8.22. The van der Waals surface area contributed by atoms with Gasteiger partial charge < -0.3 is 4.42 Å². The Bertz CT molecular complexity index is 863. The summed E-state index contributed by atoms with van der Waals surface area (Å²) in [6.07, 6.45) is 4.53. The summed E-state index contributed by atoms with van der Waals surface area (Å²) in [5, 5.41) is 10.5. The van der Waals surface area contributed by atoms with Crippen LogP contribution in [-0.4, -0.2) is 28.6 Å². The van der Waals surface area contributed by atoms with Gasteiger partial charge in [0.1, 0.15) is 0 Å². The predicted octanol–water partition coefficient (Wildman–Crippen LogP) is 4.36. The molecule has 5 nitrogen and oxygen atoms in total. The minimum atomic E-state index is -0.268. The largest absolute Gasteiger partial charge is 0.407 e. The molecule has 0 aliphatic rings. The number of anilines is 1. The number of aromatic nitrogens is 2. The molecule has 0 saturated heterocycles. The SMILES string of the molecule is CSc1ccc(Cc2nnc(NC(=O)c3cccc(SC)c3)o2)cc1. The summed E-state index contributed by atoms with van der Waals surface area (Å²) in [5.74, 6) is 0.195. The number of hydrogen-bond acceptors (Lipinski definition) is 6. The van der Waals surface area contributed by atoms with Gasteiger partial charge in [0, 0.05) is 15.4 Å². The molecule has 0 aliphatic heterocycles. The Morgan fingerprint density at radius 3 is 2.52 bits per heavy atom. The second-order valence-corrected chi connectivity index (χ2v) is 6.97. The maximum absolute atomic E-state index is 12.3. The number of benzene rings is 2. The summed E-state index contributed by atoms with van der Waals surface area (Å²) >= 11 is 3.28. The van der Waals surface area contributed by atoms with Gasteiger partial charge in [-0.3, -0.25) is 10.1 Å². The van der Waals surface area contributed by atoms with Crippen LogP contribution in [-0.2, 0) is 6.42 Å². The van der Waals surface area contributed by atoms with Crippen molar-refractivity contribution < 1.29 is 9.21 Å². The number of thioether (sulfide) groups is 2. The fourth-order valence-electron chi connectivity index (χ4n) is 2.23. The van der Waals surface area contributed by atoms with Gasteiger partial charge in [0.2, 0.25) is 5.89 Å². The number of amides is 1. The van der Waals surface area contributed by atoms with Crippen LogP contribution in [0.1, 0.15) is 21.8 Å². The van der Waals surface area contributed by atoms with Crippen molar-refractivity contribution >= 4 is 35.4 Å². The van der Waals surface area contributed by atoms with E-state index in [1.807, 2.05) is 42.8 Å². The quantitative estimate of drug-likeness (QED) is 0.650. The molecule has 1 aromatic heterocycles. The lowest BCUT2D eigenvalue weighted by atomic mass is 10.1. The van der Waals surface area contributed by atoms with E-state index in [0.29, 0.717) is 17.9 Å². The van der Waals surface area contributed by atoms with Gasteiger partial charge in [-0.25, -0.2) is 0 Å². The van der Waals surface area contributed by atoms with Crippen molar-refractivity contribution in [3.05, 3.63) is 65.5 Å². The maximum atomic E-state index is 12.3. The highest BCUT2D eigenvalue weighted by Gasteiger charge is 2.12. The highest BCUT2D eigenvalue weighted by Crippen LogP contribution is 2.19. The highest BCUT2D eigenvalue weighted by atomic mass is 32.2. The first kappa shape index (κ1) is 17.6. The lowest BCUT2D eigenvalue weighted by Crippen LogP contribution is -2.12. The van der Waals surface area contributed by atoms with Crippen molar-refractivity contribution in [1.82, 2.24) is 10.2 Å². The van der Waals surface area contributed by atoms with Crippen LogP contribution in [0, 0.1) is 0 Å². The van der Waals surface area contributed by atoms with Gasteiger partial charge in [-0.1, -0.05) is 23.3 Å². The van der Waals surface area contributed by atoms with Crippen molar-refractivity contribution in [1.29, 1.82) is 0 Å². The maximum Gasteiger partial charge on any atom is 0.322 e. The molecular weight excluding hydrogens is 354 g/mol. The summed E-state index contributed by atoms with van der Waals surface area (Å²) in [7, 11) is 0. The van der Waals surface area contributed by atoms with Crippen molar-refractivity contribution in [2.45, 2.75) is 16.2 Å². The Morgan fingerprint density at radius 2 is 1.80 bits per heavy atom. The third kappa shape index (κ3) is 4.64. The second-order valence-electron chi connectivity index (χ2n) is 5.21. The minimum Gasteiger partial charge on any atom is -0.407 e. The van der Waals surface area contributed by atoms with Crippen LogP contribution < -0.4 is 5.32 Å². The van der Waals surface area contributed by atoms with E-state index in [2.05, 4.69) is 27.6 Å². The summed E-state index contributed by atoms with van der Waals surface area (Å²) in [4.78, 5) is 14.5. The van der Waals surface area contributed by atoms with Crippen LogP contribution in [0.2, 0.25) is 0 Å². The molecule has 25 heavy (non-hydrogen) atoms. The monoisotopic (exact) mass is 371 g/mol. The van der Waals surface area contributed by atoms with Gasteiger partial charge in [-0.15, -0.1) is 28.6 Å². The number of carbonyl (C=O) groups excluding carboxylic acids is 1. The van der Waals surface area contributed by atoms with Crippen LogP contribution >= 0.6 is 23.5 Å². The fourth-order valence-corrected chi connectivity index (χ4v) is 3.09. The number of nitrogens with one attached hydrogen (secondary N) is 1. The molecule has 7 heteroatoms. The molecule has 2 aromatic carbocycles. The van der Waals surface area contributed by atoms with E-state index in [1.54, 1.807) is 29.6 Å². The molecule has 0 aliphatic carbocycles. The Morgan fingerprint density at radius 1 is 1.04 bits per heavy atom. The molecule has 0 spiro atoms. The smallest absolute Gasteiger partial charge is 0.322 e. The van der Waals surface area contributed by atoms with Gasteiger partial charge in [0.05, 0.1) is 6.42 Å². The van der Waals surface area contributed by atoms with Gasteiger partial charge in [0.25, 0.3) is 5.91 Å². The van der Waals surface area contributed by atoms with E-state index in [9.17, 15) is 4.79 Å². The number of hydrogen-bond donors (Lipinski definition) is 1. The number of nitrogens with zero attached hydrogens (tertiary/aromatic N) is 2. The third-order valence-corrected chi connectivity index (χ3v) is 5.00. The molecule has 128 valence electrons. The Balaban J connectivity index is 1.65. The van der Waals surface area contributed by atoms with E-state index in [0.717, 1.165) is 10.5 Å². The van der Waals surface area contributed by atoms with Crippen molar-refractivity contribution in [3.63, 3.8) is 0 Å². The van der Waals surface area contributed by atoms with E-state index < -0.39 is 0 Å². The van der Waals surface area contributed by atoms with Gasteiger partial charge in [-0.05, 0) is 48.4 Å². The fraction of sp³-hybridized carbons (Fsp3) is 0.167. The average molecular weight is 371 g/mol. The standard InChI is InChI=1S/C18H17N3O2S2/c1-24-14-8-6-12(7-9-14)10-16-20-21-18(23-16)19-17(22)13-4-3-5-15(11-13)25-2/h3-9,11H,10H2,1-2H3,(H,19,21,22). The Kier molecular flexibility index (Phi) is 5.78. The number of carbonyl (C=O) groups is 1. The van der Waals surface area contributed by atoms with Crippen molar-refractivity contribution in [2.75, 3.05) is 17.8 Å². The zero-order valence-electron chi connectivity index (χ0n) is 13.9. The van der Waals surface area contributed by atoms with E-state index in [-0.39, 0.29) is 11.9 Å². The van der Waals surface area contributed by atoms with Gasteiger partial charge in [0.15, 0.2) is 0 Å². The lowest BCUT2D eigenvalue weighted by molar-refractivity contribution is 0.102. The van der Waals surface area contributed by atoms with Crippen LogP contribution in [0.15, 0.2) is 62.7 Å². The molecule has 3 aromatic rings. The summed E-state index contributed by atoms with van der Waals surface area (Å²) < 4.78 is 5.53.